The van der Waals surface area contributed by atoms with Crippen LogP contribution in [0.1, 0.15) is 25.3 Å². The Hall–Kier alpha value is -4.37. The molecule has 0 radical (unpaired) electrons. The van der Waals surface area contributed by atoms with Crippen LogP contribution in [0.5, 0.6) is 5.75 Å². The van der Waals surface area contributed by atoms with Crippen LogP contribution >= 0.6 is 0 Å². The van der Waals surface area contributed by atoms with Gasteiger partial charge in [0.2, 0.25) is 0 Å². The number of aromatic nitrogens is 2. The summed E-state index contributed by atoms with van der Waals surface area (Å²) in [5, 5.41) is 7.60. The number of fused-ring (bicyclic) bond motifs is 1. The molecule has 4 N–H and O–H groups in total. The Kier molecular flexibility index (Phi) is 7.28. The molecule has 196 valence electrons. The smallest absolute Gasteiger partial charge is 0.289 e. The van der Waals surface area contributed by atoms with E-state index in [9.17, 15) is 0 Å². The number of hydrogen-bond donors (Lipinski definition) is 3. The van der Waals surface area contributed by atoms with Gasteiger partial charge in [0.25, 0.3) is 6.02 Å². The summed E-state index contributed by atoms with van der Waals surface area (Å²) >= 11 is 0. The SMILES string of the molecule is C=C(C)/C=C\C(=C/N)Oc1ccc(Nc2ncnc3ccc(NC4=NCC5(CCOCC5)O4)cc23)cc1C. The molecule has 2 aliphatic rings. The second-order valence-electron chi connectivity index (χ2n) is 9.55. The lowest BCUT2D eigenvalue weighted by atomic mass is 9.95. The Balaban J connectivity index is 1.31. The lowest BCUT2D eigenvalue weighted by Crippen LogP contribution is -2.40. The number of nitrogens with zero attached hydrogens (tertiary/aromatic N) is 3. The fourth-order valence-electron chi connectivity index (χ4n) is 4.36. The number of amidine groups is 1. The van der Waals surface area contributed by atoms with Crippen LogP contribution in [0.25, 0.3) is 10.9 Å². The van der Waals surface area contributed by atoms with Gasteiger partial charge in [-0.3, -0.25) is 0 Å². The van der Waals surface area contributed by atoms with E-state index in [0.29, 0.717) is 43.1 Å². The molecule has 0 aliphatic carbocycles. The molecule has 0 bridgehead atoms. The van der Waals surface area contributed by atoms with E-state index < -0.39 is 0 Å². The van der Waals surface area contributed by atoms with Crippen molar-refractivity contribution in [1.29, 1.82) is 0 Å². The summed E-state index contributed by atoms with van der Waals surface area (Å²) in [5.74, 6) is 1.93. The van der Waals surface area contributed by atoms with Gasteiger partial charge in [-0.15, -0.1) is 0 Å². The number of ether oxygens (including phenoxy) is 3. The first-order valence-electron chi connectivity index (χ1n) is 12.6. The summed E-state index contributed by atoms with van der Waals surface area (Å²) in [6.45, 7) is 9.80. The molecule has 1 saturated heterocycles. The minimum Gasteiger partial charge on any atom is -0.456 e. The summed E-state index contributed by atoms with van der Waals surface area (Å²) in [4.78, 5) is 13.5. The second kappa shape index (κ2) is 10.9. The highest BCUT2D eigenvalue weighted by molar-refractivity contribution is 5.97. The third kappa shape index (κ3) is 5.78. The first-order chi connectivity index (χ1) is 18.4. The van der Waals surface area contributed by atoms with Crippen LogP contribution in [-0.2, 0) is 9.47 Å². The zero-order valence-corrected chi connectivity index (χ0v) is 21.7. The van der Waals surface area contributed by atoms with Gasteiger partial charge >= 0.3 is 0 Å². The highest BCUT2D eigenvalue weighted by atomic mass is 16.5. The molecular weight excluding hydrogens is 480 g/mol. The Morgan fingerprint density at radius 1 is 1.08 bits per heavy atom. The maximum Gasteiger partial charge on any atom is 0.289 e. The van der Waals surface area contributed by atoms with Crippen molar-refractivity contribution in [2.45, 2.75) is 32.3 Å². The number of benzene rings is 2. The summed E-state index contributed by atoms with van der Waals surface area (Å²) in [5.41, 5.74) is 9.86. The highest BCUT2D eigenvalue weighted by Gasteiger charge is 2.39. The summed E-state index contributed by atoms with van der Waals surface area (Å²) in [7, 11) is 0. The van der Waals surface area contributed by atoms with Gasteiger partial charge < -0.3 is 30.6 Å². The van der Waals surface area contributed by atoms with Gasteiger partial charge in [0.05, 0.1) is 25.3 Å². The molecule has 2 aliphatic heterocycles. The average Bonchev–Trinajstić information content (AvgIpc) is 3.29. The minimum atomic E-state index is -0.247. The Morgan fingerprint density at radius 3 is 2.63 bits per heavy atom. The maximum atomic E-state index is 6.20. The predicted molar refractivity (Wildman–Crippen MR) is 151 cm³/mol. The quantitative estimate of drug-likeness (QED) is 0.287. The Bertz CT molecular complexity index is 1440. The highest BCUT2D eigenvalue weighted by Crippen LogP contribution is 2.32. The van der Waals surface area contributed by atoms with E-state index in [1.165, 1.54) is 6.20 Å². The van der Waals surface area contributed by atoms with Crippen molar-refractivity contribution in [3.05, 3.63) is 84.6 Å². The number of allylic oxidation sites excluding steroid dienone is 3. The van der Waals surface area contributed by atoms with Gasteiger partial charge in [0.15, 0.2) is 0 Å². The third-order valence-corrected chi connectivity index (χ3v) is 6.48. The molecule has 3 heterocycles. The zero-order chi connectivity index (χ0) is 26.5. The van der Waals surface area contributed by atoms with E-state index in [-0.39, 0.29) is 5.60 Å². The fraction of sp³-hybridized carbons (Fsp3) is 0.276. The van der Waals surface area contributed by atoms with E-state index >= 15 is 0 Å². The molecule has 3 aromatic rings. The zero-order valence-electron chi connectivity index (χ0n) is 21.7. The molecule has 0 atom stereocenters. The number of nitrogens with two attached hydrogens (primary N) is 1. The number of hydrogen-bond acceptors (Lipinski definition) is 9. The molecule has 1 spiro atoms. The molecule has 1 aromatic heterocycles. The molecule has 1 fully saturated rings. The third-order valence-electron chi connectivity index (χ3n) is 6.48. The van der Waals surface area contributed by atoms with Gasteiger partial charge in [-0.2, -0.15) is 0 Å². The largest absolute Gasteiger partial charge is 0.456 e. The van der Waals surface area contributed by atoms with Gasteiger partial charge in [-0.25, -0.2) is 15.0 Å². The van der Waals surface area contributed by atoms with Crippen molar-refractivity contribution in [3.8, 4) is 5.75 Å². The van der Waals surface area contributed by atoms with Crippen molar-refractivity contribution in [1.82, 2.24) is 9.97 Å². The standard InChI is InChI=1S/C29H32N6O3/c1-19(2)4-7-23(16-30)37-26-9-6-21(14-20(26)3)34-27-24-15-22(5-8-25(24)32-18-33-27)35-28-31-17-29(38-28)10-12-36-13-11-29/h4-9,14-16,18H,1,10-13,17,30H2,2-3H3,(H,31,35)(H,32,33,34)/b7-4-,23-16+. The topological polar surface area (TPSA) is 116 Å². The molecule has 2 aromatic carbocycles. The molecule has 0 amide bonds. The first kappa shape index (κ1) is 25.3. The Morgan fingerprint density at radius 2 is 1.87 bits per heavy atom. The number of aryl methyl sites for hydroxylation is 1. The minimum absolute atomic E-state index is 0.247. The van der Waals surface area contributed by atoms with Crippen LogP contribution in [0.2, 0.25) is 0 Å². The van der Waals surface area contributed by atoms with Gasteiger partial charge in [0.1, 0.15) is 29.3 Å². The number of aliphatic imine (C=N–C) groups is 1. The van der Waals surface area contributed by atoms with Gasteiger partial charge in [-0.1, -0.05) is 18.2 Å². The second-order valence-corrected chi connectivity index (χ2v) is 9.55. The number of rotatable bonds is 7. The number of nitrogens with one attached hydrogen (secondary N) is 2. The maximum absolute atomic E-state index is 6.20. The lowest BCUT2D eigenvalue weighted by molar-refractivity contribution is -0.0361. The lowest BCUT2D eigenvalue weighted by Gasteiger charge is -2.31. The summed E-state index contributed by atoms with van der Waals surface area (Å²) in [6, 6.07) is 12.3. The van der Waals surface area contributed by atoms with Crippen LogP contribution in [-0.4, -0.2) is 41.3 Å². The molecule has 9 heteroatoms. The van der Waals surface area contributed by atoms with E-state index in [1.54, 1.807) is 12.4 Å². The van der Waals surface area contributed by atoms with E-state index in [2.05, 4.69) is 32.2 Å². The van der Waals surface area contributed by atoms with Crippen LogP contribution in [0, 0.1) is 6.92 Å². The van der Waals surface area contributed by atoms with Crippen molar-refractivity contribution in [3.63, 3.8) is 0 Å². The molecule has 5 rings (SSSR count). The van der Waals surface area contributed by atoms with Gasteiger partial charge in [0, 0.05) is 35.8 Å². The Labute approximate surface area is 222 Å². The van der Waals surface area contributed by atoms with Crippen LogP contribution in [0.3, 0.4) is 0 Å². The monoisotopic (exact) mass is 512 g/mol. The van der Waals surface area contributed by atoms with Crippen LogP contribution in [0.15, 0.2) is 84.0 Å². The van der Waals surface area contributed by atoms with Gasteiger partial charge in [-0.05, 0) is 61.9 Å². The van der Waals surface area contributed by atoms with Crippen molar-refractivity contribution in [2.75, 3.05) is 30.4 Å². The molecular formula is C29H32N6O3. The average molecular weight is 513 g/mol. The first-order valence-corrected chi connectivity index (χ1v) is 12.6. The van der Waals surface area contributed by atoms with Crippen LogP contribution in [0.4, 0.5) is 17.2 Å². The van der Waals surface area contributed by atoms with Crippen molar-refractivity contribution < 1.29 is 14.2 Å². The fourth-order valence-corrected chi connectivity index (χ4v) is 4.36. The molecule has 9 nitrogen and oxygen atoms in total. The van der Waals surface area contributed by atoms with E-state index in [1.807, 2.05) is 56.3 Å². The van der Waals surface area contributed by atoms with Crippen molar-refractivity contribution in [2.24, 2.45) is 10.7 Å². The molecule has 0 unspecified atom stereocenters. The van der Waals surface area contributed by atoms with Crippen LogP contribution < -0.4 is 21.1 Å². The van der Waals surface area contributed by atoms with E-state index in [0.717, 1.165) is 46.3 Å². The number of anilines is 3. The molecule has 0 saturated carbocycles. The summed E-state index contributed by atoms with van der Waals surface area (Å²) < 4.78 is 17.6. The molecule has 38 heavy (non-hydrogen) atoms. The normalized spacial score (nSPS) is 16.9. The predicted octanol–water partition coefficient (Wildman–Crippen LogP) is 5.34. The summed E-state index contributed by atoms with van der Waals surface area (Å²) in [6.07, 6.45) is 8.31. The van der Waals surface area contributed by atoms with E-state index in [4.69, 9.17) is 19.9 Å². The van der Waals surface area contributed by atoms with Crippen molar-refractivity contribution >= 4 is 34.1 Å².